The summed E-state index contributed by atoms with van der Waals surface area (Å²) in [7, 11) is 0. The Labute approximate surface area is 152 Å². The van der Waals surface area contributed by atoms with E-state index in [1.807, 2.05) is 6.08 Å². The molecule has 3 nitrogen and oxygen atoms in total. The van der Waals surface area contributed by atoms with E-state index in [1.165, 1.54) is 37.7 Å². The Hall–Kier alpha value is -1.12. The molecule has 2 fully saturated rings. The number of aliphatic carboxylic acids is 1. The lowest BCUT2D eigenvalue weighted by atomic mass is 9.56. The minimum absolute atomic E-state index is 0.216. The zero-order valence-electron chi connectivity index (χ0n) is 15.9. The molecule has 0 spiro atoms. The van der Waals surface area contributed by atoms with Crippen LogP contribution in [0.15, 0.2) is 11.6 Å². The number of fused-ring (bicyclic) bond motifs is 1. The first kappa shape index (κ1) is 18.7. The van der Waals surface area contributed by atoms with Gasteiger partial charge in [0, 0.05) is 12.8 Å². The first-order valence-electron chi connectivity index (χ1n) is 10.4. The molecule has 0 saturated heterocycles. The van der Waals surface area contributed by atoms with Gasteiger partial charge in [0.25, 0.3) is 0 Å². The van der Waals surface area contributed by atoms with Crippen LogP contribution in [0.1, 0.15) is 84.5 Å². The summed E-state index contributed by atoms with van der Waals surface area (Å²) < 4.78 is 0. The van der Waals surface area contributed by atoms with Crippen LogP contribution in [0.3, 0.4) is 0 Å². The Balaban J connectivity index is 1.76. The van der Waals surface area contributed by atoms with Crippen molar-refractivity contribution >= 4 is 11.8 Å². The standard InChI is InChI=1S/C22H34O3/c1-3-5-19-15(12-21(24)25)6-4-7-20(19)16-8-9-17-13-18(23)10-11-22(17,2)14-16/h13,15-16,19-20H,3-12,14H2,1-2H3,(H,24,25). The van der Waals surface area contributed by atoms with Crippen LogP contribution in [0.4, 0.5) is 0 Å². The summed E-state index contributed by atoms with van der Waals surface area (Å²) in [4.78, 5) is 23.1. The molecule has 0 aromatic rings. The summed E-state index contributed by atoms with van der Waals surface area (Å²) in [5.74, 6) is 2.04. The SMILES string of the molecule is CCCC1C(CC(=O)O)CCCC1C1CCC2=CC(=O)CCC2(C)C1. The summed E-state index contributed by atoms with van der Waals surface area (Å²) in [6.07, 6.45) is 13.4. The van der Waals surface area contributed by atoms with Crippen molar-refractivity contribution in [1.82, 2.24) is 0 Å². The quantitative estimate of drug-likeness (QED) is 0.726. The Morgan fingerprint density at radius 1 is 1.28 bits per heavy atom. The van der Waals surface area contributed by atoms with Gasteiger partial charge in [-0.15, -0.1) is 0 Å². The lowest BCUT2D eigenvalue weighted by molar-refractivity contribution is -0.139. The highest BCUT2D eigenvalue weighted by atomic mass is 16.4. The van der Waals surface area contributed by atoms with Gasteiger partial charge in [-0.2, -0.15) is 0 Å². The predicted octanol–water partition coefficient (Wildman–Crippen LogP) is 5.39. The maximum atomic E-state index is 11.8. The second kappa shape index (κ2) is 7.63. The minimum atomic E-state index is -0.627. The van der Waals surface area contributed by atoms with Gasteiger partial charge in [-0.05, 0) is 73.7 Å². The highest BCUT2D eigenvalue weighted by Crippen LogP contribution is 2.54. The van der Waals surface area contributed by atoms with Crippen LogP contribution < -0.4 is 0 Å². The van der Waals surface area contributed by atoms with E-state index in [0.29, 0.717) is 42.3 Å². The van der Waals surface area contributed by atoms with Crippen molar-refractivity contribution in [2.24, 2.45) is 29.1 Å². The third-order valence-corrected chi connectivity index (χ3v) is 7.46. The van der Waals surface area contributed by atoms with Gasteiger partial charge < -0.3 is 5.11 Å². The molecule has 0 heterocycles. The molecule has 0 aliphatic heterocycles. The molecular formula is C22H34O3. The van der Waals surface area contributed by atoms with Crippen molar-refractivity contribution in [2.45, 2.75) is 84.5 Å². The molecule has 0 aromatic carbocycles. The van der Waals surface area contributed by atoms with E-state index >= 15 is 0 Å². The second-order valence-electron chi connectivity index (χ2n) is 9.10. The largest absolute Gasteiger partial charge is 0.481 e. The fourth-order valence-corrected chi connectivity index (χ4v) is 6.23. The van der Waals surface area contributed by atoms with Crippen LogP contribution >= 0.6 is 0 Å². The number of carbonyl (C=O) groups is 2. The van der Waals surface area contributed by atoms with Crippen molar-refractivity contribution in [1.29, 1.82) is 0 Å². The molecule has 0 amide bonds. The lowest BCUT2D eigenvalue weighted by Crippen LogP contribution is -2.40. The molecular weight excluding hydrogens is 312 g/mol. The Kier molecular flexibility index (Phi) is 5.70. The highest BCUT2D eigenvalue weighted by Gasteiger charge is 2.44. The van der Waals surface area contributed by atoms with E-state index < -0.39 is 5.97 Å². The number of allylic oxidation sites excluding steroid dienone is 2. The fraction of sp³-hybridized carbons (Fsp3) is 0.818. The van der Waals surface area contributed by atoms with Crippen molar-refractivity contribution in [2.75, 3.05) is 0 Å². The zero-order valence-corrected chi connectivity index (χ0v) is 15.9. The third-order valence-electron chi connectivity index (χ3n) is 7.46. The fourth-order valence-electron chi connectivity index (χ4n) is 6.23. The molecule has 3 rings (SSSR count). The van der Waals surface area contributed by atoms with Gasteiger partial charge in [-0.3, -0.25) is 9.59 Å². The number of carbonyl (C=O) groups excluding carboxylic acids is 1. The van der Waals surface area contributed by atoms with Gasteiger partial charge in [0.05, 0.1) is 0 Å². The second-order valence-corrected chi connectivity index (χ2v) is 9.10. The summed E-state index contributed by atoms with van der Waals surface area (Å²) in [5, 5.41) is 9.33. The van der Waals surface area contributed by atoms with Crippen LogP contribution in [-0.4, -0.2) is 16.9 Å². The molecule has 3 heteroatoms. The molecule has 25 heavy (non-hydrogen) atoms. The number of carboxylic acid groups (broad SMARTS) is 1. The van der Waals surface area contributed by atoms with E-state index in [0.717, 1.165) is 25.7 Å². The van der Waals surface area contributed by atoms with E-state index in [9.17, 15) is 14.7 Å². The van der Waals surface area contributed by atoms with Gasteiger partial charge in [0.2, 0.25) is 0 Å². The topological polar surface area (TPSA) is 54.4 Å². The molecule has 0 radical (unpaired) electrons. The van der Waals surface area contributed by atoms with E-state index in [2.05, 4.69) is 13.8 Å². The Morgan fingerprint density at radius 3 is 2.80 bits per heavy atom. The number of hydrogen-bond acceptors (Lipinski definition) is 2. The summed E-state index contributed by atoms with van der Waals surface area (Å²) >= 11 is 0. The lowest BCUT2D eigenvalue weighted by Gasteiger charge is -2.49. The highest BCUT2D eigenvalue weighted by molar-refractivity contribution is 5.91. The monoisotopic (exact) mass is 346 g/mol. The number of carboxylic acids is 1. The molecule has 140 valence electrons. The van der Waals surface area contributed by atoms with Crippen LogP contribution in [0.25, 0.3) is 0 Å². The Bertz CT molecular complexity index is 549. The maximum absolute atomic E-state index is 11.8. The van der Waals surface area contributed by atoms with Crippen molar-refractivity contribution in [3.63, 3.8) is 0 Å². The maximum Gasteiger partial charge on any atom is 0.303 e. The van der Waals surface area contributed by atoms with Crippen LogP contribution in [-0.2, 0) is 9.59 Å². The number of ketones is 1. The molecule has 3 aliphatic carbocycles. The van der Waals surface area contributed by atoms with E-state index in [-0.39, 0.29) is 5.41 Å². The molecule has 5 atom stereocenters. The normalized spacial score (nSPS) is 38.8. The molecule has 0 aromatic heterocycles. The average Bonchev–Trinajstić information content (AvgIpc) is 2.56. The van der Waals surface area contributed by atoms with Crippen molar-refractivity contribution in [3.8, 4) is 0 Å². The van der Waals surface area contributed by atoms with E-state index in [4.69, 9.17) is 0 Å². The molecule has 5 unspecified atom stereocenters. The van der Waals surface area contributed by atoms with Gasteiger partial charge in [-0.1, -0.05) is 38.7 Å². The smallest absolute Gasteiger partial charge is 0.303 e. The summed E-state index contributed by atoms with van der Waals surface area (Å²) in [6.45, 7) is 4.60. The molecule has 1 N–H and O–H groups in total. The molecule has 2 saturated carbocycles. The molecule has 0 bridgehead atoms. The first-order chi connectivity index (χ1) is 11.9. The van der Waals surface area contributed by atoms with E-state index in [1.54, 1.807) is 0 Å². The minimum Gasteiger partial charge on any atom is -0.481 e. The number of rotatable bonds is 5. The Morgan fingerprint density at radius 2 is 2.08 bits per heavy atom. The summed E-state index contributed by atoms with van der Waals surface area (Å²) in [6, 6.07) is 0. The van der Waals surface area contributed by atoms with Crippen LogP contribution in [0, 0.1) is 29.1 Å². The predicted molar refractivity (Wildman–Crippen MR) is 99.3 cm³/mol. The average molecular weight is 347 g/mol. The van der Waals surface area contributed by atoms with Gasteiger partial charge >= 0.3 is 5.97 Å². The van der Waals surface area contributed by atoms with Crippen molar-refractivity contribution < 1.29 is 14.7 Å². The first-order valence-corrected chi connectivity index (χ1v) is 10.4. The number of hydrogen-bond donors (Lipinski definition) is 1. The summed E-state index contributed by atoms with van der Waals surface area (Å²) in [5.41, 5.74) is 1.61. The van der Waals surface area contributed by atoms with Gasteiger partial charge in [0.15, 0.2) is 5.78 Å². The van der Waals surface area contributed by atoms with Gasteiger partial charge in [-0.25, -0.2) is 0 Å². The van der Waals surface area contributed by atoms with Crippen LogP contribution in [0.5, 0.6) is 0 Å². The third kappa shape index (κ3) is 4.01. The van der Waals surface area contributed by atoms with Crippen LogP contribution in [0.2, 0.25) is 0 Å². The molecule has 3 aliphatic rings. The van der Waals surface area contributed by atoms with Gasteiger partial charge in [0.1, 0.15) is 0 Å². The zero-order chi connectivity index (χ0) is 18.0. The van der Waals surface area contributed by atoms with Crippen molar-refractivity contribution in [3.05, 3.63) is 11.6 Å².